The fraction of sp³-hybridized carbons (Fsp3) is 0.200. The molecule has 4 aromatic rings. The third kappa shape index (κ3) is 3.33. The number of nitrogens with one attached hydrogen (secondary N) is 1. The molecule has 0 bridgehead atoms. The number of aromatic nitrogens is 2. The normalized spacial score (nSPS) is 14.9. The van der Waals surface area contributed by atoms with E-state index in [2.05, 4.69) is 10.2 Å². The molecule has 1 amide bonds. The molecule has 0 unspecified atom stereocenters. The highest BCUT2D eigenvalue weighted by Gasteiger charge is 2.43. The third-order valence-electron chi connectivity index (χ3n) is 5.93. The van der Waals surface area contributed by atoms with Gasteiger partial charge < -0.3 is 28.6 Å². The van der Waals surface area contributed by atoms with E-state index in [0.717, 1.165) is 5.56 Å². The highest BCUT2D eigenvalue weighted by molar-refractivity contribution is 6.00. The summed E-state index contributed by atoms with van der Waals surface area (Å²) in [6, 6.07) is 13.5. The topological polar surface area (TPSA) is 110 Å². The number of fused-ring (bicyclic) bond motifs is 1. The van der Waals surface area contributed by atoms with Crippen LogP contribution in [0.15, 0.2) is 59.2 Å². The summed E-state index contributed by atoms with van der Waals surface area (Å²) >= 11 is 0. The molecule has 0 fully saturated rings. The molecule has 1 aliphatic rings. The van der Waals surface area contributed by atoms with E-state index in [4.69, 9.17) is 18.6 Å². The van der Waals surface area contributed by atoms with Gasteiger partial charge in [0.2, 0.25) is 5.75 Å². The first kappa shape index (κ1) is 21.4. The fourth-order valence-electron chi connectivity index (χ4n) is 4.42. The molecule has 0 aliphatic carbocycles. The van der Waals surface area contributed by atoms with Crippen molar-refractivity contribution >= 4 is 5.91 Å². The number of phenolic OH excluding ortho intramolecular Hbond substituents is 1. The molecule has 2 aromatic carbocycles. The molecule has 1 aliphatic heterocycles. The van der Waals surface area contributed by atoms with Crippen molar-refractivity contribution < 1.29 is 28.5 Å². The van der Waals surface area contributed by atoms with Gasteiger partial charge in [-0.05, 0) is 42.0 Å². The van der Waals surface area contributed by atoms with E-state index in [0.29, 0.717) is 45.5 Å². The summed E-state index contributed by atoms with van der Waals surface area (Å²) in [6.45, 7) is 0.232. The Balaban J connectivity index is 1.73. The van der Waals surface area contributed by atoms with Crippen molar-refractivity contribution in [3.63, 3.8) is 0 Å². The summed E-state index contributed by atoms with van der Waals surface area (Å²) in [6.07, 6.45) is 1.57. The van der Waals surface area contributed by atoms with Crippen molar-refractivity contribution in [1.82, 2.24) is 15.1 Å². The number of ether oxygens (including phenoxy) is 3. The van der Waals surface area contributed by atoms with Gasteiger partial charge in [-0.2, -0.15) is 5.10 Å². The summed E-state index contributed by atoms with van der Waals surface area (Å²) in [7, 11) is 4.61. The van der Waals surface area contributed by atoms with Gasteiger partial charge in [-0.15, -0.1) is 0 Å². The van der Waals surface area contributed by atoms with Crippen LogP contribution in [-0.2, 0) is 6.54 Å². The molecule has 0 spiro atoms. The Morgan fingerprint density at radius 1 is 1.06 bits per heavy atom. The lowest BCUT2D eigenvalue weighted by Crippen LogP contribution is -2.29. The number of hydrogen-bond donors (Lipinski definition) is 2. The zero-order chi connectivity index (χ0) is 23.8. The van der Waals surface area contributed by atoms with Crippen LogP contribution in [-0.4, -0.2) is 47.4 Å². The molecule has 3 heterocycles. The fourth-order valence-corrected chi connectivity index (χ4v) is 4.42. The Bertz CT molecular complexity index is 1320. The molecule has 9 nitrogen and oxygen atoms in total. The summed E-state index contributed by atoms with van der Waals surface area (Å²) in [5, 5.41) is 17.8. The van der Waals surface area contributed by atoms with E-state index in [-0.39, 0.29) is 18.2 Å². The quantitative estimate of drug-likeness (QED) is 0.425. The van der Waals surface area contributed by atoms with Crippen LogP contribution in [0.2, 0.25) is 0 Å². The Kier molecular flexibility index (Phi) is 5.37. The molecule has 1 atom stereocenters. The first-order valence-corrected chi connectivity index (χ1v) is 10.6. The van der Waals surface area contributed by atoms with Crippen molar-refractivity contribution in [2.24, 2.45) is 0 Å². The summed E-state index contributed by atoms with van der Waals surface area (Å²) < 4.78 is 22.1. The zero-order valence-corrected chi connectivity index (χ0v) is 18.9. The van der Waals surface area contributed by atoms with E-state index >= 15 is 0 Å². The number of para-hydroxylation sites is 1. The second-order valence-corrected chi connectivity index (χ2v) is 7.75. The molecular weight excluding hydrogens is 438 g/mol. The minimum absolute atomic E-state index is 0.0670. The standard InChI is InChI=1S/C25H23N3O6/c1-31-18-11-14(12-19(32-2)24(18)33-3)23-20-21(16-8-4-5-9-17(16)29)26-27-22(20)25(30)28(23)13-15-7-6-10-34-15/h4-12,23,29H,13H2,1-3H3,(H,26,27)/t23-/m1/s1. The van der Waals surface area contributed by atoms with E-state index in [9.17, 15) is 9.90 Å². The summed E-state index contributed by atoms with van der Waals surface area (Å²) in [5.74, 6) is 1.83. The van der Waals surface area contributed by atoms with Crippen LogP contribution in [0, 0.1) is 0 Å². The van der Waals surface area contributed by atoms with Crippen LogP contribution >= 0.6 is 0 Å². The molecular formula is C25H23N3O6. The minimum Gasteiger partial charge on any atom is -0.507 e. The first-order valence-electron chi connectivity index (χ1n) is 10.6. The van der Waals surface area contributed by atoms with Crippen molar-refractivity contribution in [2.45, 2.75) is 12.6 Å². The van der Waals surface area contributed by atoms with Crippen LogP contribution in [0.4, 0.5) is 0 Å². The number of aromatic hydroxyl groups is 1. The molecule has 174 valence electrons. The van der Waals surface area contributed by atoms with E-state index in [1.165, 1.54) is 21.3 Å². The summed E-state index contributed by atoms with van der Waals surface area (Å²) in [5.41, 5.74) is 2.73. The second-order valence-electron chi connectivity index (χ2n) is 7.75. The molecule has 34 heavy (non-hydrogen) atoms. The maximum Gasteiger partial charge on any atom is 0.273 e. The van der Waals surface area contributed by atoms with Gasteiger partial charge in [0.15, 0.2) is 11.5 Å². The van der Waals surface area contributed by atoms with E-state index < -0.39 is 6.04 Å². The van der Waals surface area contributed by atoms with Crippen LogP contribution in [0.3, 0.4) is 0 Å². The predicted molar refractivity (Wildman–Crippen MR) is 122 cm³/mol. The van der Waals surface area contributed by atoms with Crippen LogP contribution < -0.4 is 14.2 Å². The monoisotopic (exact) mass is 461 g/mol. The Hall–Kier alpha value is -4.40. The summed E-state index contributed by atoms with van der Waals surface area (Å²) in [4.78, 5) is 15.2. The Morgan fingerprint density at radius 3 is 2.41 bits per heavy atom. The number of nitrogens with zero attached hydrogens (tertiary/aromatic N) is 2. The van der Waals surface area contributed by atoms with Gasteiger partial charge in [-0.25, -0.2) is 0 Å². The van der Waals surface area contributed by atoms with E-state index in [1.807, 2.05) is 24.3 Å². The Labute approximate surface area is 195 Å². The maximum absolute atomic E-state index is 13.5. The number of H-pyrrole nitrogens is 1. The molecule has 5 rings (SSSR count). The van der Waals surface area contributed by atoms with Gasteiger partial charge in [0.1, 0.15) is 22.9 Å². The molecule has 0 saturated carbocycles. The molecule has 0 radical (unpaired) electrons. The number of phenols is 1. The smallest absolute Gasteiger partial charge is 0.273 e. The lowest BCUT2D eigenvalue weighted by Gasteiger charge is -2.27. The Morgan fingerprint density at radius 2 is 1.79 bits per heavy atom. The number of amides is 1. The number of methoxy groups -OCH3 is 3. The van der Waals surface area contributed by atoms with Crippen molar-refractivity contribution in [3.8, 4) is 34.3 Å². The number of rotatable bonds is 7. The van der Waals surface area contributed by atoms with Gasteiger partial charge in [0.05, 0.1) is 40.2 Å². The predicted octanol–water partition coefficient (Wildman–Crippen LogP) is 4.15. The first-order chi connectivity index (χ1) is 16.6. The third-order valence-corrected chi connectivity index (χ3v) is 5.93. The largest absolute Gasteiger partial charge is 0.507 e. The minimum atomic E-state index is -0.560. The van der Waals surface area contributed by atoms with Gasteiger partial charge in [0.25, 0.3) is 5.91 Å². The van der Waals surface area contributed by atoms with Crippen molar-refractivity contribution in [1.29, 1.82) is 0 Å². The number of hydrogen-bond acceptors (Lipinski definition) is 7. The molecule has 2 aromatic heterocycles. The zero-order valence-electron chi connectivity index (χ0n) is 18.9. The number of aromatic amines is 1. The van der Waals surface area contributed by atoms with Crippen LogP contribution in [0.5, 0.6) is 23.0 Å². The molecule has 0 saturated heterocycles. The highest BCUT2D eigenvalue weighted by atomic mass is 16.5. The highest BCUT2D eigenvalue weighted by Crippen LogP contribution is 2.48. The number of carbonyl (C=O) groups excluding carboxylic acids is 1. The van der Waals surface area contributed by atoms with Crippen LogP contribution in [0.1, 0.15) is 33.4 Å². The molecule has 9 heteroatoms. The average Bonchev–Trinajstić information content (AvgIpc) is 3.58. The van der Waals surface area contributed by atoms with Gasteiger partial charge in [-0.1, -0.05) is 12.1 Å². The average molecular weight is 461 g/mol. The van der Waals surface area contributed by atoms with Crippen LogP contribution in [0.25, 0.3) is 11.3 Å². The van der Waals surface area contributed by atoms with Crippen molar-refractivity contribution in [3.05, 3.63) is 77.4 Å². The lowest BCUT2D eigenvalue weighted by molar-refractivity contribution is 0.0716. The van der Waals surface area contributed by atoms with Gasteiger partial charge >= 0.3 is 0 Å². The number of furan rings is 1. The lowest BCUT2D eigenvalue weighted by atomic mass is 9.95. The maximum atomic E-state index is 13.5. The SMILES string of the molecule is COc1cc([C@@H]2c3c(-c4ccccc4O)n[nH]c3C(=O)N2Cc2ccco2)cc(OC)c1OC. The second kappa shape index (κ2) is 8.51. The molecule has 2 N–H and O–H groups in total. The van der Waals surface area contributed by atoms with Gasteiger partial charge in [-0.3, -0.25) is 9.89 Å². The number of benzene rings is 2. The van der Waals surface area contributed by atoms with Crippen molar-refractivity contribution in [2.75, 3.05) is 21.3 Å². The van der Waals surface area contributed by atoms with E-state index in [1.54, 1.807) is 35.4 Å². The number of carbonyl (C=O) groups is 1. The van der Waals surface area contributed by atoms with Gasteiger partial charge in [0, 0.05) is 11.1 Å².